The van der Waals surface area contributed by atoms with Crippen molar-refractivity contribution in [1.82, 2.24) is 14.7 Å². The molecule has 0 saturated heterocycles. The number of pyridine rings is 2. The van der Waals surface area contributed by atoms with Crippen LogP contribution in [-0.2, 0) is 21.2 Å². The number of nitrogens with zero attached hydrogens (tertiary/aromatic N) is 2. The lowest BCUT2D eigenvalue weighted by Crippen LogP contribution is -2.42. The average molecular weight is 486 g/mol. The maximum Gasteiger partial charge on any atom is 0.223 e. The number of sulfone groups is 1. The standard InChI is InChI=1S/C21H28ClN3O4S2/c1-21(2,3)30(26)25-19(12-5-6-12)16-10-24-20(17-11-23-18(22)9-15(16)17)29-13-7-14(8-13)31(4,27)28/h9-14,19,25H,5-8H2,1-4H3/t13-,14+,19?,30-/m0/s1. The van der Waals surface area contributed by atoms with Crippen molar-refractivity contribution in [3.63, 3.8) is 0 Å². The van der Waals surface area contributed by atoms with E-state index in [9.17, 15) is 13.0 Å². The smallest absolute Gasteiger partial charge is 0.223 e. The molecule has 0 aliphatic heterocycles. The molecule has 1 unspecified atom stereocenters. The molecule has 2 aromatic rings. The van der Waals surface area contributed by atoms with Crippen LogP contribution in [0.3, 0.4) is 0 Å². The van der Waals surface area contributed by atoms with Crippen LogP contribution in [0.15, 0.2) is 18.5 Å². The minimum Gasteiger partial charge on any atom is -0.598 e. The Morgan fingerprint density at radius 3 is 2.48 bits per heavy atom. The molecule has 170 valence electrons. The molecule has 0 radical (unpaired) electrons. The van der Waals surface area contributed by atoms with Crippen LogP contribution in [0, 0.1) is 5.92 Å². The topological polar surface area (TPSA) is 104 Å². The van der Waals surface area contributed by atoms with Gasteiger partial charge in [0.05, 0.1) is 16.7 Å². The lowest BCUT2D eigenvalue weighted by atomic mass is 9.95. The first-order valence-corrected chi connectivity index (χ1v) is 13.9. The first kappa shape index (κ1) is 23.0. The quantitative estimate of drug-likeness (QED) is 0.470. The summed E-state index contributed by atoms with van der Waals surface area (Å²) >= 11 is 4.98. The molecule has 2 aromatic heterocycles. The Morgan fingerprint density at radius 1 is 1.23 bits per heavy atom. The van der Waals surface area contributed by atoms with Crippen LogP contribution in [0.4, 0.5) is 0 Å². The Labute approximate surface area is 191 Å². The Morgan fingerprint density at radius 2 is 1.90 bits per heavy atom. The normalized spacial score (nSPS) is 23.9. The molecular weight excluding hydrogens is 458 g/mol. The van der Waals surface area contributed by atoms with Crippen molar-refractivity contribution in [2.75, 3.05) is 6.26 Å². The molecule has 2 saturated carbocycles. The minimum atomic E-state index is -3.05. The molecule has 2 aliphatic carbocycles. The highest BCUT2D eigenvalue weighted by molar-refractivity contribution is 7.91. The highest BCUT2D eigenvalue weighted by Crippen LogP contribution is 2.45. The number of rotatable bonds is 7. The van der Waals surface area contributed by atoms with Crippen LogP contribution >= 0.6 is 11.6 Å². The highest BCUT2D eigenvalue weighted by atomic mass is 35.5. The van der Waals surface area contributed by atoms with E-state index in [2.05, 4.69) is 14.7 Å². The second kappa shape index (κ2) is 8.33. The van der Waals surface area contributed by atoms with Crippen LogP contribution in [-0.4, -0.2) is 45.3 Å². The molecule has 1 N–H and O–H groups in total. The number of halogens is 1. The summed E-state index contributed by atoms with van der Waals surface area (Å²) in [6.45, 7) is 5.82. The Hall–Kier alpha value is -1.13. The zero-order valence-electron chi connectivity index (χ0n) is 18.1. The summed E-state index contributed by atoms with van der Waals surface area (Å²) in [6.07, 6.45) is 7.51. The van der Waals surface area contributed by atoms with Crippen molar-refractivity contribution in [1.29, 1.82) is 0 Å². The summed E-state index contributed by atoms with van der Waals surface area (Å²) in [5, 5.41) is 1.59. The van der Waals surface area contributed by atoms with Crippen LogP contribution < -0.4 is 9.46 Å². The van der Waals surface area contributed by atoms with E-state index in [1.54, 1.807) is 18.5 Å². The largest absolute Gasteiger partial charge is 0.598 e. The van der Waals surface area contributed by atoms with Gasteiger partial charge in [-0.25, -0.2) is 18.4 Å². The van der Waals surface area contributed by atoms with Crippen LogP contribution in [0.25, 0.3) is 10.8 Å². The van der Waals surface area contributed by atoms with E-state index in [0.29, 0.717) is 29.8 Å². The second-order valence-electron chi connectivity index (χ2n) is 9.55. The fraction of sp³-hybridized carbons (Fsp3) is 0.619. The van der Waals surface area contributed by atoms with Gasteiger partial charge >= 0.3 is 0 Å². The number of nitrogens with one attached hydrogen (secondary N) is 1. The first-order chi connectivity index (χ1) is 14.4. The Kier molecular flexibility index (Phi) is 6.20. The van der Waals surface area contributed by atoms with Gasteiger partial charge in [0.25, 0.3) is 0 Å². The van der Waals surface area contributed by atoms with E-state index in [0.717, 1.165) is 29.2 Å². The zero-order valence-corrected chi connectivity index (χ0v) is 20.5. The fourth-order valence-electron chi connectivity index (χ4n) is 3.70. The van der Waals surface area contributed by atoms with Gasteiger partial charge in [-0.2, -0.15) is 0 Å². The molecule has 2 aliphatic rings. The van der Waals surface area contributed by atoms with Gasteiger partial charge in [-0.1, -0.05) is 11.6 Å². The number of ether oxygens (including phenoxy) is 1. The van der Waals surface area contributed by atoms with E-state index in [4.69, 9.17) is 16.3 Å². The SMILES string of the molecule is CC(C)(C)[S@+]([O-])NC(c1cnc(O[C@H]2C[C@@H](S(C)(=O)=O)C2)c2cnc(Cl)cc12)C1CC1. The number of fused-ring (bicyclic) bond motifs is 1. The maximum absolute atomic E-state index is 12.8. The Bertz CT molecular complexity index is 1080. The predicted molar refractivity (Wildman–Crippen MR) is 123 cm³/mol. The lowest BCUT2D eigenvalue weighted by Gasteiger charge is -2.34. The molecule has 0 bridgehead atoms. The van der Waals surface area contributed by atoms with Gasteiger partial charge in [-0.05, 0) is 51.0 Å². The van der Waals surface area contributed by atoms with Crippen molar-refractivity contribution < 1.29 is 17.7 Å². The van der Waals surface area contributed by atoms with Gasteiger partial charge in [0.1, 0.15) is 16.0 Å². The lowest BCUT2D eigenvalue weighted by molar-refractivity contribution is 0.119. The number of aromatic nitrogens is 2. The van der Waals surface area contributed by atoms with Crippen LogP contribution in [0.5, 0.6) is 5.88 Å². The van der Waals surface area contributed by atoms with Crippen molar-refractivity contribution in [3.05, 3.63) is 29.2 Å². The van der Waals surface area contributed by atoms with E-state index in [1.165, 1.54) is 6.26 Å². The van der Waals surface area contributed by atoms with Crippen LogP contribution in [0.2, 0.25) is 5.15 Å². The van der Waals surface area contributed by atoms with E-state index in [1.807, 2.05) is 20.8 Å². The van der Waals surface area contributed by atoms with Gasteiger partial charge in [0.2, 0.25) is 5.88 Å². The third-order valence-electron chi connectivity index (χ3n) is 5.89. The molecule has 0 spiro atoms. The summed E-state index contributed by atoms with van der Waals surface area (Å²) in [6, 6.07) is 1.68. The molecule has 10 heteroatoms. The van der Waals surface area contributed by atoms with Gasteiger partial charge in [-0.3, -0.25) is 0 Å². The van der Waals surface area contributed by atoms with Crippen molar-refractivity contribution >= 4 is 43.6 Å². The van der Waals surface area contributed by atoms with Crippen molar-refractivity contribution in [2.45, 2.75) is 68.6 Å². The molecule has 4 rings (SSSR count). The van der Waals surface area contributed by atoms with Gasteiger partial charge in [-0.15, -0.1) is 4.72 Å². The minimum absolute atomic E-state index is 0.110. The number of hydrogen-bond donors (Lipinski definition) is 1. The molecule has 2 fully saturated rings. The molecule has 0 aromatic carbocycles. The average Bonchev–Trinajstić information content (AvgIpc) is 3.45. The summed E-state index contributed by atoms with van der Waals surface area (Å²) < 4.78 is 45.1. The summed E-state index contributed by atoms with van der Waals surface area (Å²) in [5.41, 5.74) is 0.925. The van der Waals surface area contributed by atoms with Gasteiger partial charge in [0, 0.05) is 48.4 Å². The molecule has 0 amide bonds. The first-order valence-electron chi connectivity index (χ1n) is 10.4. The van der Waals surface area contributed by atoms with Crippen molar-refractivity contribution in [2.24, 2.45) is 5.92 Å². The molecule has 2 heterocycles. The second-order valence-corrected chi connectivity index (χ2v) is 14.3. The predicted octanol–water partition coefficient (Wildman–Crippen LogP) is 3.74. The Balaban J connectivity index is 1.64. The van der Waals surface area contributed by atoms with Gasteiger partial charge in [0.15, 0.2) is 9.84 Å². The fourth-order valence-corrected chi connectivity index (χ4v) is 5.89. The van der Waals surface area contributed by atoms with E-state index >= 15 is 0 Å². The summed E-state index contributed by atoms with van der Waals surface area (Å²) in [4.78, 5) is 8.76. The molecule has 2 atom stereocenters. The monoisotopic (exact) mass is 485 g/mol. The molecular formula is C21H28ClN3O4S2. The van der Waals surface area contributed by atoms with Crippen molar-refractivity contribution in [3.8, 4) is 5.88 Å². The maximum atomic E-state index is 12.8. The summed E-state index contributed by atoms with van der Waals surface area (Å²) in [7, 11) is -3.05. The van der Waals surface area contributed by atoms with E-state index < -0.39 is 21.2 Å². The third-order valence-corrected chi connectivity index (χ3v) is 9.27. The van der Waals surface area contributed by atoms with Crippen LogP contribution in [0.1, 0.15) is 58.1 Å². The third kappa shape index (κ3) is 5.11. The molecule has 7 nitrogen and oxygen atoms in total. The summed E-state index contributed by atoms with van der Waals surface area (Å²) in [5.74, 6) is 0.809. The molecule has 31 heavy (non-hydrogen) atoms. The van der Waals surface area contributed by atoms with E-state index in [-0.39, 0.29) is 22.1 Å². The number of hydrogen-bond acceptors (Lipinski definition) is 7. The zero-order chi connectivity index (χ0) is 22.6. The van der Waals surface area contributed by atoms with Gasteiger partial charge < -0.3 is 9.29 Å². The highest BCUT2D eigenvalue weighted by Gasteiger charge is 2.40.